The summed E-state index contributed by atoms with van der Waals surface area (Å²) in [6, 6.07) is 17.7. The molecule has 38 heavy (non-hydrogen) atoms. The molecule has 7 nitrogen and oxygen atoms in total. The molecule has 0 saturated heterocycles. The maximum absolute atomic E-state index is 14.1. The van der Waals surface area contributed by atoms with Crippen LogP contribution in [0.2, 0.25) is 5.02 Å². The third kappa shape index (κ3) is 7.53. The van der Waals surface area contributed by atoms with E-state index < -0.39 is 5.82 Å². The van der Waals surface area contributed by atoms with Gasteiger partial charge >= 0.3 is 0 Å². The first-order valence-electron chi connectivity index (χ1n) is 11.3. The number of carbonyl (C=O) groups is 1. The predicted octanol–water partition coefficient (Wildman–Crippen LogP) is 6.98. The van der Waals surface area contributed by atoms with Gasteiger partial charge in [0.15, 0.2) is 15.8 Å². The maximum atomic E-state index is 14.1. The highest BCUT2D eigenvalue weighted by atomic mass is 79.9. The van der Waals surface area contributed by atoms with E-state index in [-0.39, 0.29) is 28.9 Å². The number of nitrogens with one attached hydrogen (secondary N) is 1. The molecule has 1 amide bonds. The molecule has 12 heteroatoms. The minimum Gasteiger partial charge on any atom is -0.490 e. The number of thioether (sulfide) groups is 1. The smallest absolute Gasteiger partial charge is 0.250 e. The van der Waals surface area contributed by atoms with E-state index in [1.807, 2.05) is 37.3 Å². The number of nitrogens with zero attached hydrogens (tertiary/aromatic N) is 3. The van der Waals surface area contributed by atoms with Gasteiger partial charge < -0.3 is 9.47 Å². The van der Waals surface area contributed by atoms with Crippen molar-refractivity contribution in [2.24, 2.45) is 5.10 Å². The topological polar surface area (TPSA) is 85.7 Å². The molecule has 0 unspecified atom stereocenters. The number of benzene rings is 3. The van der Waals surface area contributed by atoms with Crippen LogP contribution in [0.1, 0.15) is 18.1 Å². The van der Waals surface area contributed by atoms with Crippen LogP contribution < -0.4 is 14.9 Å². The number of rotatable bonds is 11. The van der Waals surface area contributed by atoms with Gasteiger partial charge in [0.25, 0.3) is 5.91 Å². The van der Waals surface area contributed by atoms with Crippen molar-refractivity contribution >= 4 is 62.8 Å². The molecule has 4 rings (SSSR count). The largest absolute Gasteiger partial charge is 0.490 e. The summed E-state index contributed by atoms with van der Waals surface area (Å²) in [5, 5.41) is 13.4. The van der Waals surface area contributed by atoms with Crippen molar-refractivity contribution in [2.45, 2.75) is 17.9 Å². The fraction of sp³-hybridized carbons (Fsp3) is 0.154. The van der Waals surface area contributed by atoms with E-state index >= 15 is 0 Å². The van der Waals surface area contributed by atoms with E-state index in [1.54, 1.807) is 18.2 Å². The summed E-state index contributed by atoms with van der Waals surface area (Å²) in [6.07, 6.45) is 1.49. The molecule has 3 aromatic carbocycles. The number of hydrazone groups is 1. The van der Waals surface area contributed by atoms with Gasteiger partial charge in [0.05, 0.1) is 28.1 Å². The molecule has 1 heterocycles. The molecule has 0 atom stereocenters. The molecule has 0 spiro atoms. The Hall–Kier alpha value is -2.99. The van der Waals surface area contributed by atoms with Gasteiger partial charge in [-0.15, -0.1) is 10.2 Å². The van der Waals surface area contributed by atoms with Crippen LogP contribution in [-0.4, -0.2) is 34.7 Å². The van der Waals surface area contributed by atoms with Gasteiger partial charge in [0.1, 0.15) is 17.4 Å². The third-order valence-corrected chi connectivity index (χ3v) is 7.96. The van der Waals surface area contributed by atoms with Crippen LogP contribution in [0.3, 0.4) is 0 Å². The minimum atomic E-state index is -0.452. The van der Waals surface area contributed by atoms with Gasteiger partial charge in [-0.25, -0.2) is 9.82 Å². The lowest BCUT2D eigenvalue weighted by Gasteiger charge is -2.15. The summed E-state index contributed by atoms with van der Waals surface area (Å²) in [5.74, 6) is 0.236. The molecule has 4 aromatic rings. The molecular formula is C26H21BrClFN4O3S2. The fourth-order valence-electron chi connectivity index (χ4n) is 3.18. The monoisotopic (exact) mass is 634 g/mol. The molecular weight excluding hydrogens is 615 g/mol. The van der Waals surface area contributed by atoms with Crippen LogP contribution in [-0.2, 0) is 11.4 Å². The number of hydrogen-bond donors (Lipinski definition) is 1. The van der Waals surface area contributed by atoms with Crippen molar-refractivity contribution in [1.82, 2.24) is 15.6 Å². The molecule has 0 saturated carbocycles. The lowest BCUT2D eigenvalue weighted by Crippen LogP contribution is -2.19. The van der Waals surface area contributed by atoms with Crippen LogP contribution >= 0.6 is 50.6 Å². The first-order valence-corrected chi connectivity index (χ1v) is 14.3. The lowest BCUT2D eigenvalue weighted by molar-refractivity contribution is -0.118. The van der Waals surface area contributed by atoms with Crippen LogP contribution in [0.4, 0.5) is 4.39 Å². The Morgan fingerprint density at radius 2 is 2.00 bits per heavy atom. The van der Waals surface area contributed by atoms with Crippen molar-refractivity contribution < 1.29 is 18.7 Å². The normalized spacial score (nSPS) is 11.1. The van der Waals surface area contributed by atoms with Crippen molar-refractivity contribution in [3.63, 3.8) is 0 Å². The first-order chi connectivity index (χ1) is 18.4. The zero-order chi connectivity index (χ0) is 26.9. The molecule has 196 valence electrons. The minimum absolute atomic E-state index is 0.0766. The second kappa shape index (κ2) is 13.7. The zero-order valence-electron chi connectivity index (χ0n) is 20.0. The molecule has 0 bridgehead atoms. The molecule has 0 fully saturated rings. The zero-order valence-corrected chi connectivity index (χ0v) is 24.0. The van der Waals surface area contributed by atoms with E-state index in [0.717, 1.165) is 10.6 Å². The summed E-state index contributed by atoms with van der Waals surface area (Å²) in [6.45, 7) is 2.15. The van der Waals surface area contributed by atoms with E-state index in [4.69, 9.17) is 21.1 Å². The lowest BCUT2D eigenvalue weighted by atomic mass is 10.2. The summed E-state index contributed by atoms with van der Waals surface area (Å²) in [5.41, 5.74) is 4.39. The Morgan fingerprint density at radius 1 is 1.18 bits per heavy atom. The Balaban J connectivity index is 1.35. The second-order valence-electron chi connectivity index (χ2n) is 7.57. The average molecular weight is 636 g/mol. The number of amides is 1. The molecule has 0 aliphatic heterocycles. The summed E-state index contributed by atoms with van der Waals surface area (Å²) >= 11 is 12.3. The highest BCUT2D eigenvalue weighted by Gasteiger charge is 2.15. The number of aromatic nitrogens is 2. The molecule has 0 radical (unpaired) electrons. The predicted molar refractivity (Wildman–Crippen MR) is 153 cm³/mol. The summed E-state index contributed by atoms with van der Waals surface area (Å²) < 4.78 is 27.0. The highest BCUT2D eigenvalue weighted by molar-refractivity contribution is 9.10. The Labute approximate surface area is 240 Å². The van der Waals surface area contributed by atoms with Crippen molar-refractivity contribution in [1.29, 1.82) is 0 Å². The van der Waals surface area contributed by atoms with Gasteiger partial charge in [-0.2, -0.15) is 5.10 Å². The third-order valence-electron chi connectivity index (χ3n) is 4.91. The average Bonchev–Trinajstić information content (AvgIpc) is 3.38. The van der Waals surface area contributed by atoms with E-state index in [9.17, 15) is 9.18 Å². The Bertz CT molecular complexity index is 1420. The van der Waals surface area contributed by atoms with Crippen LogP contribution in [0.15, 0.2) is 74.6 Å². The maximum Gasteiger partial charge on any atom is 0.250 e. The van der Waals surface area contributed by atoms with Gasteiger partial charge in [0, 0.05) is 11.1 Å². The molecule has 1 N–H and O–H groups in total. The standard InChI is InChI=1S/C26H21BrClFN4O3S2/c1-2-35-22-12-16(11-19(27)24(22)36-14-18-20(28)9-6-10-21(18)29)13-30-31-23(34)15-37-26-33-32-25(38-26)17-7-4-3-5-8-17/h3-13H,2,14-15H2,1H3,(H,31,34). The molecule has 0 aliphatic rings. The second-order valence-corrected chi connectivity index (χ2v) is 11.0. The van der Waals surface area contributed by atoms with E-state index in [1.165, 1.54) is 41.4 Å². The molecule has 0 aliphatic carbocycles. The number of ether oxygens (including phenoxy) is 2. The highest BCUT2D eigenvalue weighted by Crippen LogP contribution is 2.37. The Kier molecular flexibility index (Phi) is 10.1. The quantitative estimate of drug-likeness (QED) is 0.109. The van der Waals surface area contributed by atoms with Crippen LogP contribution in [0.25, 0.3) is 10.6 Å². The van der Waals surface area contributed by atoms with Crippen LogP contribution in [0, 0.1) is 5.82 Å². The Morgan fingerprint density at radius 3 is 2.76 bits per heavy atom. The number of halogens is 3. The van der Waals surface area contributed by atoms with Gasteiger partial charge in [-0.1, -0.05) is 71.1 Å². The number of carbonyl (C=O) groups excluding carboxylic acids is 1. The van der Waals surface area contributed by atoms with Gasteiger partial charge in [-0.05, 0) is 52.7 Å². The van der Waals surface area contributed by atoms with E-state index in [2.05, 4.69) is 36.7 Å². The SMILES string of the molecule is CCOc1cc(C=NNC(=O)CSc2nnc(-c3ccccc3)s2)cc(Br)c1OCc1c(F)cccc1Cl. The first kappa shape index (κ1) is 28.0. The summed E-state index contributed by atoms with van der Waals surface area (Å²) in [4.78, 5) is 12.3. The van der Waals surface area contributed by atoms with Gasteiger partial charge in [0.2, 0.25) is 0 Å². The molecule has 1 aromatic heterocycles. The van der Waals surface area contributed by atoms with E-state index in [0.29, 0.717) is 32.5 Å². The fourth-order valence-corrected chi connectivity index (χ4v) is 5.63. The van der Waals surface area contributed by atoms with Crippen molar-refractivity contribution in [3.8, 4) is 22.1 Å². The van der Waals surface area contributed by atoms with Crippen molar-refractivity contribution in [2.75, 3.05) is 12.4 Å². The van der Waals surface area contributed by atoms with Gasteiger partial charge in [-0.3, -0.25) is 4.79 Å². The summed E-state index contributed by atoms with van der Waals surface area (Å²) in [7, 11) is 0. The van der Waals surface area contributed by atoms with Crippen LogP contribution in [0.5, 0.6) is 11.5 Å². The van der Waals surface area contributed by atoms with Crippen molar-refractivity contribution in [3.05, 3.63) is 87.1 Å². The number of hydrogen-bond acceptors (Lipinski definition) is 8.